The molecule has 144 valence electrons. The zero-order valence-corrected chi connectivity index (χ0v) is 16.3. The number of hydrogen-bond acceptors (Lipinski definition) is 6. The molecule has 0 atom stereocenters. The molecule has 0 bridgehead atoms. The minimum atomic E-state index is -0.613. The van der Waals surface area contributed by atoms with Crippen LogP contribution in [0.25, 0.3) is 16.9 Å². The SMILES string of the molecule is C=C(C)OC(=O)Nc1cccc(-c2ccnc3c(C(=O)c4cccs4)cnn23)c1. The van der Waals surface area contributed by atoms with Gasteiger partial charge in [-0.25, -0.2) is 14.3 Å². The summed E-state index contributed by atoms with van der Waals surface area (Å²) in [7, 11) is 0. The van der Waals surface area contributed by atoms with E-state index in [1.165, 1.54) is 17.5 Å². The van der Waals surface area contributed by atoms with E-state index in [0.717, 1.165) is 11.3 Å². The number of carbonyl (C=O) groups excluding carboxylic acids is 2. The number of aromatic nitrogens is 3. The first-order valence-corrected chi connectivity index (χ1v) is 9.56. The second kappa shape index (κ2) is 7.69. The highest BCUT2D eigenvalue weighted by Crippen LogP contribution is 2.25. The molecule has 0 aliphatic rings. The summed E-state index contributed by atoms with van der Waals surface area (Å²) in [6, 6.07) is 12.6. The Morgan fingerprint density at radius 3 is 2.83 bits per heavy atom. The van der Waals surface area contributed by atoms with Gasteiger partial charge < -0.3 is 4.74 Å². The fourth-order valence-electron chi connectivity index (χ4n) is 2.87. The van der Waals surface area contributed by atoms with E-state index in [-0.39, 0.29) is 5.78 Å². The van der Waals surface area contributed by atoms with E-state index in [1.807, 2.05) is 17.5 Å². The summed E-state index contributed by atoms with van der Waals surface area (Å²) < 4.78 is 6.54. The third-order valence-electron chi connectivity index (χ3n) is 4.06. The third kappa shape index (κ3) is 3.78. The van der Waals surface area contributed by atoms with Crippen LogP contribution in [-0.2, 0) is 4.74 Å². The van der Waals surface area contributed by atoms with Crippen LogP contribution in [-0.4, -0.2) is 26.5 Å². The van der Waals surface area contributed by atoms with Gasteiger partial charge in [-0.2, -0.15) is 5.10 Å². The highest BCUT2D eigenvalue weighted by Gasteiger charge is 2.18. The van der Waals surface area contributed by atoms with E-state index in [1.54, 1.807) is 48.0 Å². The quantitative estimate of drug-likeness (QED) is 0.382. The third-order valence-corrected chi connectivity index (χ3v) is 4.93. The van der Waals surface area contributed by atoms with Crippen molar-refractivity contribution in [2.75, 3.05) is 5.32 Å². The smallest absolute Gasteiger partial charge is 0.416 e. The normalized spacial score (nSPS) is 10.7. The van der Waals surface area contributed by atoms with Gasteiger partial charge in [-0.05, 0) is 36.6 Å². The van der Waals surface area contributed by atoms with Crippen molar-refractivity contribution in [3.05, 3.63) is 83.0 Å². The molecule has 0 unspecified atom stereocenters. The standard InChI is InChI=1S/C21H16N4O3S/c1-13(2)28-21(27)24-15-6-3-5-14(11-15)17-8-9-22-20-16(12-23-25(17)20)19(26)18-7-4-10-29-18/h3-12H,1H2,2H3,(H,24,27). The fourth-order valence-corrected chi connectivity index (χ4v) is 3.55. The van der Waals surface area contributed by atoms with Crippen molar-refractivity contribution in [3.63, 3.8) is 0 Å². The number of hydrogen-bond donors (Lipinski definition) is 1. The van der Waals surface area contributed by atoms with Crippen LogP contribution in [0.4, 0.5) is 10.5 Å². The molecule has 3 aromatic heterocycles. The topological polar surface area (TPSA) is 85.6 Å². The molecule has 0 saturated carbocycles. The summed E-state index contributed by atoms with van der Waals surface area (Å²) in [5, 5.41) is 8.88. The molecular weight excluding hydrogens is 388 g/mol. The van der Waals surface area contributed by atoms with Crippen molar-refractivity contribution < 1.29 is 14.3 Å². The van der Waals surface area contributed by atoms with E-state index in [0.29, 0.717) is 27.5 Å². The Kier molecular flexibility index (Phi) is 4.92. The highest BCUT2D eigenvalue weighted by atomic mass is 32.1. The number of nitrogens with zero attached hydrogens (tertiary/aromatic N) is 3. The van der Waals surface area contributed by atoms with E-state index >= 15 is 0 Å². The number of nitrogens with one attached hydrogen (secondary N) is 1. The first-order valence-electron chi connectivity index (χ1n) is 8.68. The van der Waals surface area contributed by atoms with Crippen LogP contribution in [0, 0.1) is 0 Å². The molecule has 4 aromatic rings. The Hall–Kier alpha value is -3.78. The zero-order valence-electron chi connectivity index (χ0n) is 15.5. The van der Waals surface area contributed by atoms with Gasteiger partial charge in [-0.15, -0.1) is 11.3 Å². The lowest BCUT2D eigenvalue weighted by Crippen LogP contribution is -2.12. The van der Waals surface area contributed by atoms with E-state index in [2.05, 4.69) is 22.0 Å². The average Bonchev–Trinajstić information content (AvgIpc) is 3.37. The van der Waals surface area contributed by atoms with Crippen LogP contribution >= 0.6 is 11.3 Å². The lowest BCUT2D eigenvalue weighted by molar-refractivity contribution is 0.104. The monoisotopic (exact) mass is 404 g/mol. The van der Waals surface area contributed by atoms with Crippen LogP contribution in [0.3, 0.4) is 0 Å². The lowest BCUT2D eigenvalue weighted by Gasteiger charge is -2.09. The first-order chi connectivity index (χ1) is 14.0. The number of ketones is 1. The number of fused-ring (bicyclic) bond motifs is 1. The van der Waals surface area contributed by atoms with Gasteiger partial charge in [0.15, 0.2) is 5.65 Å². The molecule has 0 aliphatic carbocycles. The van der Waals surface area contributed by atoms with Gasteiger partial charge in [0.25, 0.3) is 0 Å². The van der Waals surface area contributed by atoms with E-state index in [9.17, 15) is 9.59 Å². The van der Waals surface area contributed by atoms with Crippen molar-refractivity contribution >= 4 is 34.5 Å². The Morgan fingerprint density at radius 1 is 1.21 bits per heavy atom. The minimum Gasteiger partial charge on any atom is -0.416 e. The molecule has 0 radical (unpaired) electrons. The molecule has 4 rings (SSSR count). The zero-order chi connectivity index (χ0) is 20.4. The van der Waals surface area contributed by atoms with Crippen molar-refractivity contribution in [2.24, 2.45) is 0 Å². The van der Waals surface area contributed by atoms with Gasteiger partial charge in [0.05, 0.1) is 28.1 Å². The maximum absolute atomic E-state index is 12.7. The average molecular weight is 404 g/mol. The number of benzene rings is 1. The molecule has 0 saturated heterocycles. The van der Waals surface area contributed by atoms with Crippen LogP contribution in [0.5, 0.6) is 0 Å². The summed E-state index contributed by atoms with van der Waals surface area (Å²) in [4.78, 5) is 29.5. The summed E-state index contributed by atoms with van der Waals surface area (Å²) in [5.41, 5.74) is 3.00. The van der Waals surface area contributed by atoms with Crippen molar-refractivity contribution in [3.8, 4) is 11.3 Å². The van der Waals surface area contributed by atoms with Crippen molar-refractivity contribution in [2.45, 2.75) is 6.92 Å². The van der Waals surface area contributed by atoms with E-state index < -0.39 is 6.09 Å². The van der Waals surface area contributed by atoms with Gasteiger partial charge in [-0.1, -0.05) is 24.8 Å². The molecule has 1 amide bonds. The van der Waals surface area contributed by atoms with Gasteiger partial charge in [-0.3, -0.25) is 10.1 Å². The summed E-state index contributed by atoms with van der Waals surface area (Å²) in [5.74, 6) is 0.187. The highest BCUT2D eigenvalue weighted by molar-refractivity contribution is 7.12. The number of thiophene rings is 1. The Morgan fingerprint density at radius 2 is 2.07 bits per heavy atom. The maximum Gasteiger partial charge on any atom is 0.416 e. The van der Waals surface area contributed by atoms with Gasteiger partial charge in [0.2, 0.25) is 5.78 Å². The number of amides is 1. The fraction of sp³-hybridized carbons (Fsp3) is 0.0476. The lowest BCUT2D eigenvalue weighted by atomic mass is 10.1. The molecule has 1 N–H and O–H groups in total. The number of anilines is 1. The second-order valence-corrected chi connectivity index (χ2v) is 7.18. The molecule has 7 nitrogen and oxygen atoms in total. The summed E-state index contributed by atoms with van der Waals surface area (Å²) in [6.07, 6.45) is 2.55. The molecule has 0 aliphatic heterocycles. The molecule has 3 heterocycles. The van der Waals surface area contributed by atoms with Crippen LogP contribution in [0.15, 0.2) is 72.6 Å². The molecule has 0 spiro atoms. The van der Waals surface area contributed by atoms with Crippen LogP contribution in [0.1, 0.15) is 22.2 Å². The largest absolute Gasteiger partial charge is 0.416 e. The van der Waals surface area contributed by atoms with Crippen molar-refractivity contribution in [1.29, 1.82) is 0 Å². The summed E-state index contributed by atoms with van der Waals surface area (Å²) >= 11 is 1.38. The molecule has 8 heteroatoms. The molecular formula is C21H16N4O3S. The number of carbonyl (C=O) groups is 2. The number of rotatable bonds is 5. The van der Waals surface area contributed by atoms with Crippen LogP contribution < -0.4 is 5.32 Å². The predicted octanol–water partition coefficient (Wildman–Crippen LogP) is 4.77. The summed E-state index contributed by atoms with van der Waals surface area (Å²) in [6.45, 7) is 5.14. The number of ether oxygens (including phenoxy) is 1. The minimum absolute atomic E-state index is 0.113. The maximum atomic E-state index is 12.7. The van der Waals surface area contributed by atoms with Gasteiger partial charge >= 0.3 is 6.09 Å². The van der Waals surface area contributed by atoms with Crippen molar-refractivity contribution in [1.82, 2.24) is 14.6 Å². The molecule has 0 fully saturated rings. The number of allylic oxidation sites excluding steroid dienone is 1. The second-order valence-electron chi connectivity index (χ2n) is 6.23. The Bertz CT molecular complexity index is 1230. The van der Waals surface area contributed by atoms with Gasteiger partial charge in [0.1, 0.15) is 0 Å². The predicted molar refractivity (Wildman–Crippen MR) is 111 cm³/mol. The van der Waals surface area contributed by atoms with Gasteiger partial charge in [0, 0.05) is 17.4 Å². The Balaban J connectivity index is 1.70. The van der Waals surface area contributed by atoms with E-state index in [4.69, 9.17) is 4.74 Å². The van der Waals surface area contributed by atoms with Crippen LogP contribution in [0.2, 0.25) is 0 Å². The first kappa shape index (κ1) is 18.6. The molecule has 29 heavy (non-hydrogen) atoms. The Labute approximate surface area is 170 Å². The molecule has 1 aromatic carbocycles.